The Morgan fingerprint density at radius 2 is 1.82 bits per heavy atom. The molecule has 0 saturated carbocycles. The van der Waals surface area contributed by atoms with Gasteiger partial charge in [-0.3, -0.25) is 9.10 Å². The van der Waals surface area contributed by atoms with Gasteiger partial charge in [-0.1, -0.05) is 31.5 Å². The van der Waals surface area contributed by atoms with Gasteiger partial charge in [-0.2, -0.15) is 0 Å². The molecule has 5 nitrogen and oxygen atoms in total. The van der Waals surface area contributed by atoms with Gasteiger partial charge in [0.05, 0.1) is 11.9 Å². The molecule has 0 saturated heterocycles. The Labute approximate surface area is 133 Å². The summed E-state index contributed by atoms with van der Waals surface area (Å²) in [7, 11) is -3.53. The molecule has 0 heterocycles. The van der Waals surface area contributed by atoms with Crippen LogP contribution in [0, 0.1) is 13.8 Å². The van der Waals surface area contributed by atoms with Crippen LogP contribution >= 0.6 is 0 Å². The van der Waals surface area contributed by atoms with Crippen molar-refractivity contribution in [3.63, 3.8) is 0 Å². The highest BCUT2D eigenvalue weighted by Crippen LogP contribution is 2.26. The Hall–Kier alpha value is -1.56. The standard InChI is InChI=1S/C16H26N2O3S/c1-6-8-14(4)17-15(19)11-18(22(5,20)21)16-12(2)9-7-10-13(16)3/h7,9-10,14H,6,8,11H2,1-5H3,(H,17,19)/t14-/m1/s1. The summed E-state index contributed by atoms with van der Waals surface area (Å²) in [4.78, 5) is 12.2. The number of aryl methyl sites for hydroxylation is 2. The lowest BCUT2D eigenvalue weighted by Crippen LogP contribution is -2.43. The van der Waals surface area contributed by atoms with Crippen LogP contribution in [0.2, 0.25) is 0 Å². The van der Waals surface area contributed by atoms with E-state index in [9.17, 15) is 13.2 Å². The van der Waals surface area contributed by atoms with Crippen molar-refractivity contribution in [2.45, 2.75) is 46.6 Å². The second-order valence-corrected chi connectivity index (χ2v) is 7.67. The molecule has 0 spiro atoms. The fraction of sp³-hybridized carbons (Fsp3) is 0.562. The quantitative estimate of drug-likeness (QED) is 0.836. The van der Waals surface area contributed by atoms with Crippen LogP contribution in [0.1, 0.15) is 37.8 Å². The van der Waals surface area contributed by atoms with Gasteiger partial charge in [-0.05, 0) is 38.3 Å². The van der Waals surface area contributed by atoms with Crippen LogP contribution in [0.5, 0.6) is 0 Å². The molecule has 0 fully saturated rings. The van der Waals surface area contributed by atoms with Crippen molar-refractivity contribution in [1.82, 2.24) is 5.32 Å². The Morgan fingerprint density at radius 1 is 1.27 bits per heavy atom. The number of nitrogens with one attached hydrogen (secondary N) is 1. The normalized spacial score (nSPS) is 12.8. The third-order valence-corrected chi connectivity index (χ3v) is 4.62. The number of amides is 1. The Balaban J connectivity index is 3.04. The average Bonchev–Trinajstić information content (AvgIpc) is 2.36. The first-order valence-electron chi connectivity index (χ1n) is 7.50. The van der Waals surface area contributed by atoms with E-state index < -0.39 is 10.0 Å². The zero-order chi connectivity index (χ0) is 16.9. The number of nitrogens with zero attached hydrogens (tertiary/aromatic N) is 1. The van der Waals surface area contributed by atoms with Gasteiger partial charge in [0, 0.05) is 6.04 Å². The summed E-state index contributed by atoms with van der Waals surface area (Å²) < 4.78 is 25.4. The van der Waals surface area contributed by atoms with Gasteiger partial charge in [0.2, 0.25) is 15.9 Å². The van der Waals surface area contributed by atoms with E-state index in [1.807, 2.05) is 45.9 Å². The number of hydrogen-bond donors (Lipinski definition) is 1. The lowest BCUT2D eigenvalue weighted by molar-refractivity contribution is -0.120. The maximum atomic E-state index is 12.2. The summed E-state index contributed by atoms with van der Waals surface area (Å²) in [5.74, 6) is -0.283. The van der Waals surface area contributed by atoms with Crippen LogP contribution in [0.25, 0.3) is 0 Å². The third kappa shape index (κ3) is 5.02. The van der Waals surface area contributed by atoms with E-state index in [1.165, 1.54) is 4.31 Å². The molecule has 22 heavy (non-hydrogen) atoms. The van der Waals surface area contributed by atoms with E-state index in [0.717, 1.165) is 30.2 Å². The lowest BCUT2D eigenvalue weighted by Gasteiger charge is -2.26. The van der Waals surface area contributed by atoms with Gasteiger partial charge in [-0.15, -0.1) is 0 Å². The van der Waals surface area contributed by atoms with Crippen LogP contribution < -0.4 is 9.62 Å². The van der Waals surface area contributed by atoms with Crippen LogP contribution in [-0.4, -0.2) is 33.2 Å². The van der Waals surface area contributed by atoms with Crippen LogP contribution in [0.15, 0.2) is 18.2 Å². The fourth-order valence-electron chi connectivity index (χ4n) is 2.52. The smallest absolute Gasteiger partial charge is 0.240 e. The fourth-order valence-corrected chi connectivity index (χ4v) is 3.49. The van der Waals surface area contributed by atoms with Crippen LogP contribution in [-0.2, 0) is 14.8 Å². The van der Waals surface area contributed by atoms with Gasteiger partial charge >= 0.3 is 0 Å². The molecule has 1 aromatic carbocycles. The van der Waals surface area contributed by atoms with Crippen molar-refractivity contribution < 1.29 is 13.2 Å². The van der Waals surface area contributed by atoms with Crippen molar-refractivity contribution in [3.8, 4) is 0 Å². The van der Waals surface area contributed by atoms with E-state index in [4.69, 9.17) is 0 Å². The summed E-state index contributed by atoms with van der Waals surface area (Å²) in [5.41, 5.74) is 2.25. The van der Waals surface area contributed by atoms with Gasteiger partial charge < -0.3 is 5.32 Å². The first-order chi connectivity index (χ1) is 10.2. The topological polar surface area (TPSA) is 66.5 Å². The molecule has 0 aliphatic rings. The molecular formula is C16H26N2O3S. The zero-order valence-electron chi connectivity index (χ0n) is 14.0. The average molecular weight is 326 g/mol. The molecule has 1 rings (SSSR count). The summed E-state index contributed by atoms with van der Waals surface area (Å²) >= 11 is 0. The summed E-state index contributed by atoms with van der Waals surface area (Å²) in [5, 5.41) is 2.85. The number of carbonyl (C=O) groups excluding carboxylic acids is 1. The maximum Gasteiger partial charge on any atom is 0.240 e. The largest absolute Gasteiger partial charge is 0.352 e. The van der Waals surface area contributed by atoms with Gasteiger partial charge in [-0.25, -0.2) is 8.42 Å². The third-order valence-electron chi connectivity index (χ3n) is 3.51. The van der Waals surface area contributed by atoms with E-state index in [-0.39, 0.29) is 18.5 Å². The molecule has 1 aromatic rings. The van der Waals surface area contributed by atoms with E-state index in [1.54, 1.807) is 0 Å². The molecule has 0 aliphatic heterocycles. The first-order valence-corrected chi connectivity index (χ1v) is 9.35. The second-order valence-electron chi connectivity index (χ2n) is 5.77. The highest BCUT2D eigenvalue weighted by molar-refractivity contribution is 7.92. The van der Waals surface area contributed by atoms with E-state index in [0.29, 0.717) is 5.69 Å². The molecular weight excluding hydrogens is 300 g/mol. The number of para-hydroxylation sites is 1. The van der Waals surface area contributed by atoms with Gasteiger partial charge in [0.1, 0.15) is 6.54 Å². The minimum Gasteiger partial charge on any atom is -0.352 e. The van der Waals surface area contributed by atoms with Crippen molar-refractivity contribution in [2.24, 2.45) is 0 Å². The van der Waals surface area contributed by atoms with Crippen molar-refractivity contribution >= 4 is 21.6 Å². The van der Waals surface area contributed by atoms with Crippen LogP contribution in [0.3, 0.4) is 0 Å². The van der Waals surface area contributed by atoms with Gasteiger partial charge in [0.15, 0.2) is 0 Å². The van der Waals surface area contributed by atoms with E-state index >= 15 is 0 Å². The number of benzene rings is 1. The van der Waals surface area contributed by atoms with Crippen molar-refractivity contribution in [3.05, 3.63) is 29.3 Å². The number of rotatable bonds is 7. The number of sulfonamides is 1. The number of hydrogen-bond acceptors (Lipinski definition) is 3. The molecule has 0 bridgehead atoms. The molecule has 0 aliphatic carbocycles. The monoisotopic (exact) mass is 326 g/mol. The Kier molecular flexibility index (Phi) is 6.41. The summed E-state index contributed by atoms with van der Waals surface area (Å²) in [6.45, 7) is 7.46. The second kappa shape index (κ2) is 7.63. The lowest BCUT2D eigenvalue weighted by atomic mass is 10.1. The maximum absolute atomic E-state index is 12.2. The molecule has 124 valence electrons. The zero-order valence-corrected chi connectivity index (χ0v) is 14.8. The molecule has 1 atom stereocenters. The summed E-state index contributed by atoms with van der Waals surface area (Å²) in [6.07, 6.45) is 2.96. The highest BCUT2D eigenvalue weighted by atomic mass is 32.2. The molecule has 1 amide bonds. The van der Waals surface area contributed by atoms with E-state index in [2.05, 4.69) is 5.32 Å². The SMILES string of the molecule is CCC[C@@H](C)NC(=O)CN(c1c(C)cccc1C)S(C)(=O)=O. The molecule has 0 unspecified atom stereocenters. The summed E-state index contributed by atoms with van der Waals surface area (Å²) in [6, 6.07) is 5.60. The first kappa shape index (κ1) is 18.5. The van der Waals surface area contributed by atoms with Crippen molar-refractivity contribution in [1.29, 1.82) is 0 Å². The molecule has 0 aromatic heterocycles. The minimum atomic E-state index is -3.53. The number of carbonyl (C=O) groups is 1. The predicted molar refractivity (Wildman–Crippen MR) is 90.6 cm³/mol. The Bertz CT molecular complexity index is 606. The highest BCUT2D eigenvalue weighted by Gasteiger charge is 2.24. The molecule has 6 heteroatoms. The number of anilines is 1. The minimum absolute atomic E-state index is 0.0388. The Morgan fingerprint density at radius 3 is 2.27 bits per heavy atom. The van der Waals surface area contributed by atoms with Gasteiger partial charge in [0.25, 0.3) is 0 Å². The molecule has 1 N–H and O–H groups in total. The van der Waals surface area contributed by atoms with Crippen molar-refractivity contribution in [2.75, 3.05) is 17.1 Å². The van der Waals surface area contributed by atoms with Crippen LogP contribution in [0.4, 0.5) is 5.69 Å². The predicted octanol–water partition coefficient (Wildman–Crippen LogP) is 2.37. The molecule has 0 radical (unpaired) electrons.